The van der Waals surface area contributed by atoms with Crippen molar-refractivity contribution in [3.8, 4) is 0 Å². The van der Waals surface area contributed by atoms with Gasteiger partial charge in [-0.15, -0.1) is 0 Å². The molecule has 0 spiro atoms. The zero-order valence-electron chi connectivity index (χ0n) is 15.5. The lowest BCUT2D eigenvalue weighted by Gasteiger charge is -2.23. The summed E-state index contributed by atoms with van der Waals surface area (Å²) in [4.78, 5) is 11.7. The van der Waals surface area contributed by atoms with Crippen LogP contribution in [0, 0.1) is 6.92 Å². The molecule has 1 amide bonds. The van der Waals surface area contributed by atoms with Crippen LogP contribution in [0.3, 0.4) is 0 Å². The number of aryl methyl sites for hydroxylation is 2. The Morgan fingerprint density at radius 3 is 2.68 bits per heavy atom. The lowest BCUT2D eigenvalue weighted by molar-refractivity contribution is -0.116. The Bertz CT molecular complexity index is 1020. The molecular weight excluding hydrogens is 402 g/mol. The van der Waals surface area contributed by atoms with Crippen LogP contribution < -0.4 is 15.4 Å². The highest BCUT2D eigenvalue weighted by molar-refractivity contribution is 7.92. The fraction of sp³-hybridized carbons (Fsp3) is 0.316. The van der Waals surface area contributed by atoms with Gasteiger partial charge in [0.15, 0.2) is 0 Å². The van der Waals surface area contributed by atoms with Crippen molar-refractivity contribution in [2.75, 3.05) is 22.0 Å². The van der Waals surface area contributed by atoms with Crippen LogP contribution in [-0.2, 0) is 21.2 Å². The molecule has 0 radical (unpaired) electrons. The number of carbonyl (C=O) groups is 1. The minimum atomic E-state index is -3.94. The van der Waals surface area contributed by atoms with Crippen molar-refractivity contribution in [1.29, 1.82) is 0 Å². The lowest BCUT2D eigenvalue weighted by atomic mass is 10.0. The molecule has 0 fully saturated rings. The van der Waals surface area contributed by atoms with Crippen LogP contribution in [0.5, 0.6) is 0 Å². The predicted molar refractivity (Wildman–Crippen MR) is 111 cm³/mol. The Kier molecular flexibility index (Phi) is 5.83. The van der Waals surface area contributed by atoms with E-state index in [1.807, 2.05) is 6.92 Å². The summed E-state index contributed by atoms with van der Waals surface area (Å²) in [6, 6.07) is 7.70. The van der Waals surface area contributed by atoms with Gasteiger partial charge in [-0.25, -0.2) is 8.42 Å². The summed E-state index contributed by atoms with van der Waals surface area (Å²) in [5.41, 5.74) is 2.80. The number of halogens is 1. The van der Waals surface area contributed by atoms with Gasteiger partial charge < -0.3 is 15.7 Å². The van der Waals surface area contributed by atoms with Gasteiger partial charge in [0.2, 0.25) is 5.91 Å². The van der Waals surface area contributed by atoms with Gasteiger partial charge in [0.25, 0.3) is 10.0 Å². The number of carbonyl (C=O) groups excluding carboxylic acids is 1. The number of hydrogen-bond donors (Lipinski definition) is 4. The molecule has 28 heavy (non-hydrogen) atoms. The van der Waals surface area contributed by atoms with E-state index in [1.54, 1.807) is 37.3 Å². The fourth-order valence-corrected chi connectivity index (χ4v) is 4.35. The van der Waals surface area contributed by atoms with Gasteiger partial charge in [0.1, 0.15) is 4.90 Å². The first-order valence-electron chi connectivity index (χ1n) is 8.83. The van der Waals surface area contributed by atoms with Crippen LogP contribution in [0.4, 0.5) is 17.1 Å². The van der Waals surface area contributed by atoms with Crippen molar-refractivity contribution in [3.05, 3.63) is 46.5 Å². The minimum Gasteiger partial charge on any atom is -0.394 e. The molecule has 7 nitrogen and oxygen atoms in total. The van der Waals surface area contributed by atoms with Crippen molar-refractivity contribution >= 4 is 44.6 Å². The number of aliphatic hydroxyl groups excluding tert-OH is 1. The molecule has 0 saturated carbocycles. The third kappa shape index (κ3) is 4.40. The van der Waals surface area contributed by atoms with Crippen LogP contribution in [-0.4, -0.2) is 32.1 Å². The maximum Gasteiger partial charge on any atom is 0.263 e. The molecule has 150 valence electrons. The first-order valence-corrected chi connectivity index (χ1v) is 10.7. The molecule has 0 aliphatic carbocycles. The Morgan fingerprint density at radius 1 is 1.25 bits per heavy atom. The molecule has 2 aromatic rings. The molecule has 3 rings (SSSR count). The van der Waals surface area contributed by atoms with E-state index in [0.717, 1.165) is 11.1 Å². The van der Waals surface area contributed by atoms with Gasteiger partial charge in [0.05, 0.1) is 18.0 Å². The van der Waals surface area contributed by atoms with E-state index in [9.17, 15) is 18.3 Å². The van der Waals surface area contributed by atoms with E-state index in [1.165, 1.54) is 0 Å². The summed E-state index contributed by atoms with van der Waals surface area (Å²) in [6.07, 6.45) is 0.753. The summed E-state index contributed by atoms with van der Waals surface area (Å²) in [7, 11) is -3.94. The molecule has 0 aromatic heterocycles. The molecule has 0 saturated heterocycles. The second kappa shape index (κ2) is 7.98. The zero-order valence-corrected chi connectivity index (χ0v) is 17.1. The summed E-state index contributed by atoms with van der Waals surface area (Å²) < 4.78 is 28.7. The summed E-state index contributed by atoms with van der Waals surface area (Å²) in [6.45, 7) is 3.38. The highest BCUT2D eigenvalue weighted by atomic mass is 35.5. The highest BCUT2D eigenvalue weighted by Gasteiger charge is 2.25. The first-order chi connectivity index (χ1) is 13.2. The number of amides is 1. The first kappa shape index (κ1) is 20.4. The second-order valence-electron chi connectivity index (χ2n) is 6.85. The molecule has 1 unspecified atom stereocenters. The predicted octanol–water partition coefficient (Wildman–Crippen LogP) is 3.13. The van der Waals surface area contributed by atoms with Crippen molar-refractivity contribution in [2.45, 2.75) is 37.6 Å². The standard InChI is InChI=1S/C19H22ClN3O4S/c1-11-3-5-14(8-15(11)20)23-28(26,27)18-7-13-4-6-19(25)22-16(13)9-17(18)21-12(2)10-24/h3,5,7-9,12,21,23-24H,4,6,10H2,1-2H3,(H,22,25). The smallest absolute Gasteiger partial charge is 0.263 e. The van der Waals surface area contributed by atoms with E-state index in [4.69, 9.17) is 11.6 Å². The molecule has 0 bridgehead atoms. The van der Waals surface area contributed by atoms with E-state index < -0.39 is 10.0 Å². The number of aliphatic hydroxyl groups is 1. The minimum absolute atomic E-state index is 0.0411. The topological polar surface area (TPSA) is 108 Å². The molecule has 1 atom stereocenters. The van der Waals surface area contributed by atoms with E-state index in [2.05, 4.69) is 15.4 Å². The largest absolute Gasteiger partial charge is 0.394 e. The number of rotatable bonds is 6. The van der Waals surface area contributed by atoms with Crippen molar-refractivity contribution in [2.24, 2.45) is 0 Å². The van der Waals surface area contributed by atoms with Crippen LogP contribution >= 0.6 is 11.6 Å². The SMILES string of the molecule is Cc1ccc(NS(=O)(=O)c2cc3c(cc2NC(C)CO)NC(=O)CC3)cc1Cl. The summed E-state index contributed by atoms with van der Waals surface area (Å²) >= 11 is 6.10. The molecule has 4 N–H and O–H groups in total. The molecule has 2 aromatic carbocycles. The van der Waals surface area contributed by atoms with Crippen molar-refractivity contribution < 1.29 is 18.3 Å². The molecule has 1 aliphatic rings. The number of nitrogens with one attached hydrogen (secondary N) is 3. The maximum absolute atomic E-state index is 13.1. The average Bonchev–Trinajstić information content (AvgIpc) is 2.63. The van der Waals surface area contributed by atoms with Crippen LogP contribution in [0.2, 0.25) is 5.02 Å². The third-order valence-electron chi connectivity index (χ3n) is 4.49. The van der Waals surface area contributed by atoms with Gasteiger partial charge >= 0.3 is 0 Å². The Labute approximate surface area is 169 Å². The third-order valence-corrected chi connectivity index (χ3v) is 6.32. The Balaban J connectivity index is 2.04. The van der Waals surface area contributed by atoms with Gasteiger partial charge in [-0.05, 0) is 55.7 Å². The number of fused-ring (bicyclic) bond motifs is 1. The summed E-state index contributed by atoms with van der Waals surface area (Å²) in [5.74, 6) is -0.114. The van der Waals surface area contributed by atoms with Gasteiger partial charge in [-0.1, -0.05) is 17.7 Å². The van der Waals surface area contributed by atoms with Crippen LogP contribution in [0.15, 0.2) is 35.2 Å². The number of anilines is 3. The van der Waals surface area contributed by atoms with Crippen molar-refractivity contribution in [1.82, 2.24) is 0 Å². The highest BCUT2D eigenvalue weighted by Crippen LogP contribution is 2.34. The van der Waals surface area contributed by atoms with E-state index in [-0.39, 0.29) is 23.5 Å². The van der Waals surface area contributed by atoms with Crippen LogP contribution in [0.25, 0.3) is 0 Å². The summed E-state index contributed by atoms with van der Waals surface area (Å²) in [5, 5.41) is 15.6. The van der Waals surface area contributed by atoms with Gasteiger partial charge in [0, 0.05) is 23.2 Å². The van der Waals surface area contributed by atoms with Gasteiger partial charge in [-0.3, -0.25) is 9.52 Å². The van der Waals surface area contributed by atoms with Crippen LogP contribution in [0.1, 0.15) is 24.5 Å². The van der Waals surface area contributed by atoms with E-state index in [0.29, 0.717) is 34.9 Å². The maximum atomic E-state index is 13.1. The number of sulfonamides is 1. The monoisotopic (exact) mass is 423 g/mol. The molecular formula is C19H22ClN3O4S. The average molecular weight is 424 g/mol. The number of hydrogen-bond acceptors (Lipinski definition) is 5. The Morgan fingerprint density at radius 2 is 2.00 bits per heavy atom. The second-order valence-corrected chi connectivity index (χ2v) is 8.91. The lowest BCUT2D eigenvalue weighted by Crippen LogP contribution is -2.25. The Hall–Kier alpha value is -2.29. The molecule has 1 heterocycles. The number of benzene rings is 2. The molecule has 1 aliphatic heterocycles. The zero-order chi connectivity index (χ0) is 20.5. The molecule has 9 heteroatoms. The van der Waals surface area contributed by atoms with E-state index >= 15 is 0 Å². The van der Waals surface area contributed by atoms with Gasteiger partial charge in [-0.2, -0.15) is 0 Å². The van der Waals surface area contributed by atoms with Crippen molar-refractivity contribution in [3.63, 3.8) is 0 Å². The quantitative estimate of drug-likeness (QED) is 0.571. The fourth-order valence-electron chi connectivity index (χ4n) is 2.92. The normalized spacial score (nSPS) is 14.8.